The van der Waals surface area contributed by atoms with Crippen LogP contribution in [0.1, 0.15) is 5.56 Å². The molecule has 0 saturated heterocycles. The van der Waals surface area contributed by atoms with E-state index < -0.39 is 0 Å². The molecule has 1 amide bonds. The molecule has 6 heteroatoms. The van der Waals surface area contributed by atoms with Crippen molar-refractivity contribution in [3.05, 3.63) is 59.9 Å². The summed E-state index contributed by atoms with van der Waals surface area (Å²) in [4.78, 5) is 17.4. The van der Waals surface area contributed by atoms with E-state index in [0.29, 0.717) is 6.54 Å². The summed E-state index contributed by atoms with van der Waals surface area (Å²) in [5.41, 5.74) is 1.93. The Balaban J connectivity index is 1.67. The van der Waals surface area contributed by atoms with Gasteiger partial charge in [-0.3, -0.25) is 14.5 Å². The molecule has 5 nitrogen and oxygen atoms in total. The van der Waals surface area contributed by atoms with Crippen molar-refractivity contribution in [1.29, 1.82) is 0 Å². The van der Waals surface area contributed by atoms with Gasteiger partial charge in [0.25, 0.3) is 0 Å². The maximum absolute atomic E-state index is 11.9. The first-order valence-electron chi connectivity index (χ1n) is 6.55. The van der Waals surface area contributed by atoms with E-state index in [0.717, 1.165) is 16.1 Å². The lowest BCUT2D eigenvalue weighted by atomic mass is 10.1. The first-order chi connectivity index (χ1) is 10.3. The largest absolute Gasteiger partial charge is 0.350 e. The van der Waals surface area contributed by atoms with Crippen LogP contribution in [0, 0.1) is 0 Å². The highest BCUT2D eigenvalue weighted by Gasteiger charge is 2.09. The third-order valence-electron chi connectivity index (χ3n) is 2.99. The van der Waals surface area contributed by atoms with E-state index >= 15 is 0 Å². The first-order valence-corrected chi connectivity index (χ1v) is 7.43. The van der Waals surface area contributed by atoms with Crippen molar-refractivity contribution in [3.63, 3.8) is 0 Å². The third-order valence-corrected chi connectivity index (χ3v) is 3.86. The van der Waals surface area contributed by atoms with Gasteiger partial charge in [-0.05, 0) is 29.1 Å². The minimum Gasteiger partial charge on any atom is -0.350 e. The molecule has 3 aromatic rings. The number of hydrogen-bond donors (Lipinski definition) is 1. The number of nitrogens with one attached hydrogen (secondary N) is 1. The second kappa shape index (κ2) is 6.32. The monoisotopic (exact) mass is 298 g/mol. The number of carbonyl (C=O) groups excluding carboxylic acids is 1. The Kier molecular flexibility index (Phi) is 4.07. The lowest BCUT2D eigenvalue weighted by molar-refractivity contribution is -0.122. The van der Waals surface area contributed by atoms with Gasteiger partial charge in [-0.15, -0.1) is 11.3 Å². The number of hydrogen-bond acceptors (Lipinski definition) is 4. The molecule has 1 N–H and O–H groups in total. The highest BCUT2D eigenvalue weighted by molar-refractivity contribution is 7.13. The lowest BCUT2D eigenvalue weighted by Crippen LogP contribution is -2.27. The summed E-state index contributed by atoms with van der Waals surface area (Å²) in [6.45, 7) is 0.683. The molecule has 0 radical (unpaired) electrons. The zero-order valence-electron chi connectivity index (χ0n) is 11.3. The Labute approximate surface area is 126 Å². The molecule has 0 spiro atoms. The molecule has 3 aromatic heterocycles. The highest BCUT2D eigenvalue weighted by atomic mass is 32.1. The molecule has 0 aliphatic rings. The molecule has 0 aliphatic carbocycles. The maximum atomic E-state index is 11.9. The fourth-order valence-corrected chi connectivity index (χ4v) is 2.76. The van der Waals surface area contributed by atoms with Gasteiger partial charge >= 0.3 is 0 Å². The number of nitrogens with zero attached hydrogens (tertiary/aromatic N) is 3. The van der Waals surface area contributed by atoms with Crippen LogP contribution in [0.5, 0.6) is 0 Å². The molecule has 0 saturated carbocycles. The molecular weight excluding hydrogens is 284 g/mol. The summed E-state index contributed by atoms with van der Waals surface area (Å²) in [5.74, 6) is -0.0697. The van der Waals surface area contributed by atoms with Crippen molar-refractivity contribution in [3.8, 4) is 10.6 Å². The van der Waals surface area contributed by atoms with Gasteiger partial charge < -0.3 is 5.32 Å². The second-order valence-electron chi connectivity index (χ2n) is 4.47. The Morgan fingerprint density at radius 3 is 2.95 bits per heavy atom. The average Bonchev–Trinajstić information content (AvgIpc) is 3.18. The van der Waals surface area contributed by atoms with E-state index in [1.54, 1.807) is 40.7 Å². The van der Waals surface area contributed by atoms with Crippen LogP contribution in [0.3, 0.4) is 0 Å². The fraction of sp³-hybridized carbons (Fsp3) is 0.133. The van der Waals surface area contributed by atoms with Crippen LogP contribution in [-0.2, 0) is 17.9 Å². The minimum atomic E-state index is -0.0697. The number of amides is 1. The van der Waals surface area contributed by atoms with Gasteiger partial charge in [0.15, 0.2) is 0 Å². The molecule has 0 atom stereocenters. The molecule has 0 aromatic carbocycles. The molecular formula is C15H14N4OS. The summed E-state index contributed by atoms with van der Waals surface area (Å²) in [6, 6.07) is 9.68. The van der Waals surface area contributed by atoms with Crippen molar-refractivity contribution < 1.29 is 4.79 Å². The van der Waals surface area contributed by atoms with Gasteiger partial charge in [-0.1, -0.05) is 12.1 Å². The number of pyridine rings is 1. The van der Waals surface area contributed by atoms with Crippen LogP contribution in [0.2, 0.25) is 0 Å². The predicted octanol–water partition coefficient (Wildman–Crippen LogP) is 2.32. The smallest absolute Gasteiger partial charge is 0.241 e. The lowest BCUT2D eigenvalue weighted by Gasteiger charge is -2.09. The molecule has 0 aliphatic heterocycles. The fourth-order valence-electron chi connectivity index (χ4n) is 2.01. The van der Waals surface area contributed by atoms with Crippen LogP contribution in [-0.4, -0.2) is 20.7 Å². The third kappa shape index (κ3) is 3.35. The van der Waals surface area contributed by atoms with E-state index in [4.69, 9.17) is 0 Å². The first kappa shape index (κ1) is 13.5. The van der Waals surface area contributed by atoms with Gasteiger partial charge in [-0.25, -0.2) is 0 Å². The van der Waals surface area contributed by atoms with E-state index in [1.165, 1.54) is 0 Å². The Morgan fingerprint density at radius 2 is 2.19 bits per heavy atom. The van der Waals surface area contributed by atoms with Crippen LogP contribution >= 0.6 is 11.3 Å². The summed E-state index contributed by atoms with van der Waals surface area (Å²) in [6.07, 6.45) is 5.19. The van der Waals surface area contributed by atoms with Crippen molar-refractivity contribution in [1.82, 2.24) is 20.1 Å². The standard InChI is InChI=1S/C15H14N4OS/c20-14(11-19-8-3-7-18-19)17-10-12-4-1-6-16-15(12)13-5-2-9-21-13/h1-9H,10-11H2,(H,17,20). The molecule has 0 unspecified atom stereocenters. The Hall–Kier alpha value is -2.47. The van der Waals surface area contributed by atoms with Crippen LogP contribution in [0.15, 0.2) is 54.3 Å². The Morgan fingerprint density at radius 1 is 1.24 bits per heavy atom. The Bertz CT molecular complexity index is 707. The van der Waals surface area contributed by atoms with E-state index in [9.17, 15) is 4.79 Å². The molecule has 21 heavy (non-hydrogen) atoms. The zero-order chi connectivity index (χ0) is 14.5. The number of thiophene rings is 1. The predicted molar refractivity (Wildman–Crippen MR) is 81.6 cm³/mol. The summed E-state index contributed by atoms with van der Waals surface area (Å²) in [7, 11) is 0. The molecule has 3 heterocycles. The quantitative estimate of drug-likeness (QED) is 0.786. The summed E-state index contributed by atoms with van der Waals surface area (Å²) < 4.78 is 1.60. The van der Waals surface area contributed by atoms with Crippen LogP contribution < -0.4 is 5.32 Å². The van der Waals surface area contributed by atoms with Crippen LogP contribution in [0.25, 0.3) is 10.6 Å². The van der Waals surface area contributed by atoms with Crippen molar-refractivity contribution >= 4 is 17.2 Å². The van der Waals surface area contributed by atoms with E-state index in [1.807, 2.05) is 29.6 Å². The van der Waals surface area contributed by atoms with Gasteiger partial charge in [0.2, 0.25) is 5.91 Å². The number of aromatic nitrogens is 3. The van der Waals surface area contributed by atoms with Crippen molar-refractivity contribution in [2.75, 3.05) is 0 Å². The molecule has 106 valence electrons. The minimum absolute atomic E-state index is 0.0697. The summed E-state index contributed by atoms with van der Waals surface area (Å²) in [5, 5.41) is 8.94. The van der Waals surface area contributed by atoms with Gasteiger partial charge in [0, 0.05) is 25.1 Å². The topological polar surface area (TPSA) is 59.8 Å². The highest BCUT2D eigenvalue weighted by Crippen LogP contribution is 2.25. The van der Waals surface area contributed by atoms with Gasteiger partial charge in [-0.2, -0.15) is 5.10 Å². The molecule has 0 fully saturated rings. The zero-order valence-corrected chi connectivity index (χ0v) is 12.1. The maximum Gasteiger partial charge on any atom is 0.241 e. The molecule has 0 bridgehead atoms. The second-order valence-corrected chi connectivity index (χ2v) is 5.42. The number of rotatable bonds is 5. The SMILES string of the molecule is O=C(Cn1cccn1)NCc1cccnc1-c1cccs1. The molecule has 3 rings (SSSR count). The van der Waals surface area contributed by atoms with Crippen molar-refractivity contribution in [2.24, 2.45) is 0 Å². The van der Waals surface area contributed by atoms with Crippen molar-refractivity contribution in [2.45, 2.75) is 13.1 Å². The van der Waals surface area contributed by atoms with Gasteiger partial charge in [0.05, 0.1) is 10.6 Å². The summed E-state index contributed by atoms with van der Waals surface area (Å²) >= 11 is 1.64. The van der Waals surface area contributed by atoms with Crippen LogP contribution in [0.4, 0.5) is 0 Å². The van der Waals surface area contributed by atoms with Gasteiger partial charge in [0.1, 0.15) is 6.54 Å². The normalized spacial score (nSPS) is 10.5. The number of carbonyl (C=O) groups is 1. The average molecular weight is 298 g/mol. The van der Waals surface area contributed by atoms with E-state index in [2.05, 4.69) is 15.4 Å². The van der Waals surface area contributed by atoms with E-state index in [-0.39, 0.29) is 12.5 Å².